The summed E-state index contributed by atoms with van der Waals surface area (Å²) in [6.07, 6.45) is 4.08. The summed E-state index contributed by atoms with van der Waals surface area (Å²) in [4.78, 5) is 10.6. The fraction of sp³-hybridized carbons (Fsp3) is 0.333. The van der Waals surface area contributed by atoms with Gasteiger partial charge in [-0.05, 0) is 44.1 Å². The van der Waals surface area contributed by atoms with Crippen molar-refractivity contribution in [1.82, 2.24) is 14.9 Å². The maximum Gasteiger partial charge on any atom is 0.134 e. The lowest BCUT2D eigenvalue weighted by atomic mass is 10.1. The molecule has 2 heterocycles. The van der Waals surface area contributed by atoms with Crippen molar-refractivity contribution < 1.29 is 0 Å². The first-order chi connectivity index (χ1) is 9.33. The molecule has 4 nitrogen and oxygen atoms in total. The Morgan fingerprint density at radius 1 is 1.21 bits per heavy atom. The van der Waals surface area contributed by atoms with E-state index >= 15 is 0 Å². The molecule has 1 aliphatic heterocycles. The highest BCUT2D eigenvalue weighted by molar-refractivity contribution is 5.88. The number of rotatable bonds is 1. The van der Waals surface area contributed by atoms with Crippen LogP contribution in [0.5, 0.6) is 0 Å². The van der Waals surface area contributed by atoms with Crippen LogP contribution in [0.2, 0.25) is 0 Å². The lowest BCUT2D eigenvalue weighted by Gasteiger charge is -2.08. The van der Waals surface area contributed by atoms with E-state index in [9.17, 15) is 0 Å². The highest BCUT2D eigenvalue weighted by atomic mass is 15.1. The van der Waals surface area contributed by atoms with Crippen LogP contribution in [0.4, 0.5) is 5.82 Å². The van der Waals surface area contributed by atoms with Gasteiger partial charge in [0.2, 0.25) is 0 Å². The molecular weight excluding hydrogens is 236 g/mol. The van der Waals surface area contributed by atoms with Gasteiger partial charge in [0.1, 0.15) is 12.1 Å². The number of likely N-dealkylation sites (tertiary alicyclic amines) is 1. The molecule has 1 saturated heterocycles. The molecule has 0 radical (unpaired) electrons. The quantitative estimate of drug-likeness (QED) is 0.784. The number of benzene rings is 1. The van der Waals surface area contributed by atoms with Gasteiger partial charge in [-0.2, -0.15) is 0 Å². The van der Waals surface area contributed by atoms with Crippen LogP contribution in [0, 0.1) is 11.8 Å². The first kappa shape index (κ1) is 11.9. The number of anilines is 1. The molecule has 0 bridgehead atoms. The molecule has 0 aliphatic carbocycles. The van der Waals surface area contributed by atoms with Crippen LogP contribution in [0.25, 0.3) is 10.9 Å². The minimum atomic E-state index is 0.515. The van der Waals surface area contributed by atoms with Crippen molar-refractivity contribution in [3.63, 3.8) is 0 Å². The molecule has 1 aromatic heterocycles. The highest BCUT2D eigenvalue weighted by Gasteiger charge is 2.08. The van der Waals surface area contributed by atoms with Gasteiger partial charge < -0.3 is 5.73 Å². The van der Waals surface area contributed by atoms with Gasteiger partial charge in [0.05, 0.1) is 12.1 Å². The normalized spacial score (nSPS) is 15.4. The van der Waals surface area contributed by atoms with Crippen LogP contribution in [-0.2, 0) is 0 Å². The van der Waals surface area contributed by atoms with E-state index in [1.165, 1.54) is 32.3 Å². The molecule has 1 aliphatic rings. The van der Waals surface area contributed by atoms with Crippen LogP contribution < -0.4 is 5.73 Å². The first-order valence-corrected chi connectivity index (χ1v) is 6.54. The van der Waals surface area contributed by atoms with Gasteiger partial charge in [-0.1, -0.05) is 11.8 Å². The average Bonchev–Trinajstić information content (AvgIpc) is 2.92. The lowest BCUT2D eigenvalue weighted by molar-refractivity contribution is 0.383. The predicted octanol–water partition coefficient (Wildman–Crippen LogP) is 1.66. The van der Waals surface area contributed by atoms with Gasteiger partial charge >= 0.3 is 0 Å². The summed E-state index contributed by atoms with van der Waals surface area (Å²) in [6.45, 7) is 3.20. The second kappa shape index (κ2) is 5.25. The van der Waals surface area contributed by atoms with E-state index in [1.807, 2.05) is 18.2 Å². The number of nitrogens with zero attached hydrogens (tertiary/aromatic N) is 3. The number of hydrogen-bond donors (Lipinski definition) is 1. The third-order valence-electron chi connectivity index (χ3n) is 3.40. The van der Waals surface area contributed by atoms with Crippen LogP contribution in [0.3, 0.4) is 0 Å². The zero-order valence-corrected chi connectivity index (χ0v) is 10.8. The summed E-state index contributed by atoms with van der Waals surface area (Å²) < 4.78 is 0. The van der Waals surface area contributed by atoms with E-state index in [4.69, 9.17) is 5.73 Å². The van der Waals surface area contributed by atoms with E-state index in [0.717, 1.165) is 23.0 Å². The molecule has 1 fully saturated rings. The monoisotopic (exact) mass is 252 g/mol. The minimum absolute atomic E-state index is 0.515. The van der Waals surface area contributed by atoms with Gasteiger partial charge in [0.25, 0.3) is 0 Å². The molecule has 0 unspecified atom stereocenters. The summed E-state index contributed by atoms with van der Waals surface area (Å²) >= 11 is 0. The summed E-state index contributed by atoms with van der Waals surface area (Å²) in [5.41, 5.74) is 7.62. The second-order valence-electron chi connectivity index (χ2n) is 4.78. The number of nitrogens with two attached hydrogens (primary N) is 1. The maximum atomic E-state index is 5.80. The molecule has 0 atom stereocenters. The van der Waals surface area contributed by atoms with Crippen molar-refractivity contribution in [2.45, 2.75) is 12.8 Å². The van der Waals surface area contributed by atoms with Crippen LogP contribution in [0.15, 0.2) is 24.5 Å². The Bertz CT molecular complexity index is 648. The third-order valence-corrected chi connectivity index (χ3v) is 3.40. The van der Waals surface area contributed by atoms with Crippen molar-refractivity contribution in [3.8, 4) is 11.8 Å². The summed E-state index contributed by atoms with van der Waals surface area (Å²) in [7, 11) is 0. The zero-order chi connectivity index (χ0) is 13.1. The molecule has 4 heteroatoms. The fourth-order valence-corrected chi connectivity index (χ4v) is 2.35. The van der Waals surface area contributed by atoms with Crippen LogP contribution in [-0.4, -0.2) is 34.5 Å². The summed E-state index contributed by atoms with van der Waals surface area (Å²) in [6, 6.07) is 5.87. The molecule has 2 N–H and O–H groups in total. The fourth-order valence-electron chi connectivity index (χ4n) is 2.35. The SMILES string of the molecule is Nc1ncnc2cc(C#CCN3CCCC3)ccc12. The van der Waals surface area contributed by atoms with E-state index in [2.05, 4.69) is 26.7 Å². The molecule has 96 valence electrons. The smallest absolute Gasteiger partial charge is 0.134 e. The topological polar surface area (TPSA) is 55.0 Å². The van der Waals surface area contributed by atoms with Crippen molar-refractivity contribution in [3.05, 3.63) is 30.1 Å². The Kier molecular flexibility index (Phi) is 3.30. The van der Waals surface area contributed by atoms with Crippen molar-refractivity contribution >= 4 is 16.7 Å². The van der Waals surface area contributed by atoms with Crippen LogP contribution in [0.1, 0.15) is 18.4 Å². The molecule has 0 spiro atoms. The van der Waals surface area contributed by atoms with Gasteiger partial charge in [0.15, 0.2) is 0 Å². The van der Waals surface area contributed by atoms with Gasteiger partial charge in [-0.15, -0.1) is 0 Å². The van der Waals surface area contributed by atoms with Gasteiger partial charge in [-0.25, -0.2) is 9.97 Å². The Balaban J connectivity index is 1.79. The van der Waals surface area contributed by atoms with Crippen molar-refractivity contribution in [2.24, 2.45) is 0 Å². The van der Waals surface area contributed by atoms with E-state index in [-0.39, 0.29) is 0 Å². The number of fused-ring (bicyclic) bond motifs is 1. The number of hydrogen-bond acceptors (Lipinski definition) is 4. The maximum absolute atomic E-state index is 5.80. The first-order valence-electron chi connectivity index (χ1n) is 6.54. The number of aromatic nitrogens is 2. The average molecular weight is 252 g/mol. The summed E-state index contributed by atoms with van der Waals surface area (Å²) in [5.74, 6) is 6.93. The second-order valence-corrected chi connectivity index (χ2v) is 4.78. The molecule has 1 aromatic carbocycles. The standard InChI is InChI=1S/C15H16N4/c16-15-13-6-5-12(10-14(13)17-11-18-15)4-3-9-19-7-1-2-8-19/h5-6,10-11H,1-2,7-9H2,(H2,16,17,18). The lowest BCUT2D eigenvalue weighted by Crippen LogP contribution is -2.18. The van der Waals surface area contributed by atoms with Gasteiger partial charge in [-0.3, -0.25) is 4.90 Å². The third kappa shape index (κ3) is 2.67. The molecule has 19 heavy (non-hydrogen) atoms. The zero-order valence-electron chi connectivity index (χ0n) is 10.8. The molecular formula is C15H16N4. The Hall–Kier alpha value is -2.12. The van der Waals surface area contributed by atoms with E-state index in [0.29, 0.717) is 5.82 Å². The molecule has 0 saturated carbocycles. The highest BCUT2D eigenvalue weighted by Crippen LogP contribution is 2.17. The largest absolute Gasteiger partial charge is 0.383 e. The van der Waals surface area contributed by atoms with E-state index < -0.39 is 0 Å². The molecule has 0 amide bonds. The Morgan fingerprint density at radius 2 is 2.05 bits per heavy atom. The summed E-state index contributed by atoms with van der Waals surface area (Å²) in [5, 5.41) is 0.882. The Labute approximate surface area is 112 Å². The van der Waals surface area contributed by atoms with Crippen molar-refractivity contribution in [2.75, 3.05) is 25.4 Å². The Morgan fingerprint density at radius 3 is 2.89 bits per heavy atom. The number of nitrogen functional groups attached to an aromatic ring is 1. The predicted molar refractivity (Wildman–Crippen MR) is 76.5 cm³/mol. The minimum Gasteiger partial charge on any atom is -0.383 e. The van der Waals surface area contributed by atoms with Crippen molar-refractivity contribution in [1.29, 1.82) is 0 Å². The van der Waals surface area contributed by atoms with Gasteiger partial charge in [0, 0.05) is 10.9 Å². The molecule has 3 rings (SSSR count). The van der Waals surface area contributed by atoms with Crippen LogP contribution >= 0.6 is 0 Å². The molecule has 2 aromatic rings. The van der Waals surface area contributed by atoms with E-state index in [1.54, 1.807) is 0 Å².